The van der Waals surface area contributed by atoms with E-state index in [1.54, 1.807) is 30.3 Å². The minimum absolute atomic E-state index is 0.244. The Morgan fingerprint density at radius 3 is 2.83 bits per heavy atom. The van der Waals surface area contributed by atoms with E-state index >= 15 is 0 Å². The summed E-state index contributed by atoms with van der Waals surface area (Å²) in [5.41, 5.74) is 1.06. The van der Waals surface area contributed by atoms with Crippen LogP contribution in [0, 0.1) is 0 Å². The second-order valence-corrected chi connectivity index (χ2v) is 4.26. The summed E-state index contributed by atoms with van der Waals surface area (Å²) in [6.45, 7) is 0.244. The lowest BCUT2D eigenvalue weighted by Crippen LogP contribution is -2.22. The SMILES string of the molecule is O=C(NCc1cc(CCl)no1)c1ccccc1Cl. The van der Waals surface area contributed by atoms with Crippen LogP contribution in [0.2, 0.25) is 5.02 Å². The average Bonchev–Trinajstić information content (AvgIpc) is 2.84. The van der Waals surface area contributed by atoms with Crippen LogP contribution in [-0.4, -0.2) is 11.1 Å². The van der Waals surface area contributed by atoms with Crippen LogP contribution in [0.15, 0.2) is 34.9 Å². The molecule has 0 aliphatic carbocycles. The molecule has 0 radical (unpaired) electrons. The van der Waals surface area contributed by atoms with Crippen LogP contribution in [0.5, 0.6) is 0 Å². The first-order valence-corrected chi connectivity index (χ1v) is 6.15. The third-order valence-corrected chi connectivity index (χ3v) is 2.89. The van der Waals surface area contributed by atoms with Crippen LogP contribution >= 0.6 is 23.2 Å². The van der Waals surface area contributed by atoms with Gasteiger partial charge in [0, 0.05) is 6.07 Å². The zero-order chi connectivity index (χ0) is 13.0. The molecule has 18 heavy (non-hydrogen) atoms. The van der Waals surface area contributed by atoms with Crippen molar-refractivity contribution >= 4 is 29.1 Å². The Balaban J connectivity index is 1.98. The van der Waals surface area contributed by atoms with Crippen molar-refractivity contribution in [3.05, 3.63) is 52.4 Å². The van der Waals surface area contributed by atoms with Gasteiger partial charge in [-0.05, 0) is 12.1 Å². The van der Waals surface area contributed by atoms with Crippen molar-refractivity contribution in [2.75, 3.05) is 0 Å². The van der Waals surface area contributed by atoms with E-state index in [4.69, 9.17) is 27.7 Å². The number of aromatic nitrogens is 1. The molecule has 1 heterocycles. The number of carbonyl (C=O) groups is 1. The number of benzene rings is 1. The van der Waals surface area contributed by atoms with E-state index in [0.717, 1.165) is 0 Å². The number of hydrogen-bond acceptors (Lipinski definition) is 3. The molecule has 0 saturated heterocycles. The van der Waals surface area contributed by atoms with Crippen LogP contribution in [0.3, 0.4) is 0 Å². The molecular weight excluding hydrogens is 275 g/mol. The number of alkyl halides is 1. The van der Waals surface area contributed by atoms with Gasteiger partial charge in [0.15, 0.2) is 5.76 Å². The normalized spacial score (nSPS) is 10.3. The fraction of sp³-hybridized carbons (Fsp3) is 0.167. The molecule has 1 aromatic carbocycles. The Morgan fingerprint density at radius 1 is 1.39 bits per heavy atom. The summed E-state index contributed by atoms with van der Waals surface area (Å²) in [6, 6.07) is 8.53. The summed E-state index contributed by atoms with van der Waals surface area (Å²) in [4.78, 5) is 11.8. The van der Waals surface area contributed by atoms with E-state index in [-0.39, 0.29) is 18.3 Å². The lowest BCUT2D eigenvalue weighted by molar-refractivity contribution is 0.0947. The van der Waals surface area contributed by atoms with Gasteiger partial charge in [-0.1, -0.05) is 28.9 Å². The summed E-state index contributed by atoms with van der Waals surface area (Å²) < 4.78 is 4.99. The van der Waals surface area contributed by atoms with Crippen LogP contribution in [0.25, 0.3) is 0 Å². The predicted octanol–water partition coefficient (Wildman–Crippen LogP) is 3.00. The summed E-state index contributed by atoms with van der Waals surface area (Å²) in [7, 11) is 0. The summed E-state index contributed by atoms with van der Waals surface area (Å²) in [5, 5.41) is 6.82. The number of rotatable bonds is 4. The van der Waals surface area contributed by atoms with Gasteiger partial charge in [-0.3, -0.25) is 4.79 Å². The van der Waals surface area contributed by atoms with Crippen molar-refractivity contribution in [2.24, 2.45) is 0 Å². The summed E-state index contributed by atoms with van der Waals surface area (Å²) >= 11 is 11.5. The fourth-order valence-corrected chi connectivity index (χ4v) is 1.76. The standard InChI is InChI=1S/C12H10Cl2N2O2/c13-6-8-5-9(18-16-8)7-15-12(17)10-3-1-2-4-11(10)14/h1-5H,6-7H2,(H,15,17). The van der Waals surface area contributed by atoms with Crippen molar-refractivity contribution in [3.63, 3.8) is 0 Å². The Morgan fingerprint density at radius 2 is 2.17 bits per heavy atom. The highest BCUT2D eigenvalue weighted by molar-refractivity contribution is 6.33. The maximum Gasteiger partial charge on any atom is 0.253 e. The molecule has 2 aromatic rings. The van der Waals surface area contributed by atoms with E-state index in [1.807, 2.05) is 0 Å². The molecule has 0 bridgehead atoms. The molecular formula is C12H10Cl2N2O2. The van der Waals surface area contributed by atoms with Gasteiger partial charge < -0.3 is 9.84 Å². The third kappa shape index (κ3) is 3.03. The lowest BCUT2D eigenvalue weighted by atomic mass is 10.2. The number of hydrogen-bond donors (Lipinski definition) is 1. The first-order valence-electron chi connectivity index (χ1n) is 5.24. The van der Waals surface area contributed by atoms with E-state index < -0.39 is 0 Å². The molecule has 0 fully saturated rings. The maximum absolute atomic E-state index is 11.8. The highest BCUT2D eigenvalue weighted by atomic mass is 35.5. The van der Waals surface area contributed by atoms with E-state index in [2.05, 4.69) is 10.5 Å². The predicted molar refractivity (Wildman–Crippen MR) is 68.7 cm³/mol. The van der Waals surface area contributed by atoms with Crippen molar-refractivity contribution in [3.8, 4) is 0 Å². The topological polar surface area (TPSA) is 55.1 Å². The number of amides is 1. The second kappa shape index (κ2) is 5.89. The third-order valence-electron chi connectivity index (χ3n) is 2.29. The molecule has 94 valence electrons. The van der Waals surface area contributed by atoms with Gasteiger partial charge in [0.1, 0.15) is 0 Å². The molecule has 0 spiro atoms. The Kier molecular flexibility index (Phi) is 4.23. The number of nitrogens with one attached hydrogen (secondary N) is 1. The Hall–Kier alpha value is -1.52. The Labute approximate surface area is 114 Å². The van der Waals surface area contributed by atoms with Gasteiger partial charge >= 0.3 is 0 Å². The van der Waals surface area contributed by atoms with Crippen molar-refractivity contribution in [1.29, 1.82) is 0 Å². The molecule has 0 saturated carbocycles. The Bertz CT molecular complexity index is 555. The van der Waals surface area contributed by atoms with Gasteiger partial charge in [0.2, 0.25) is 0 Å². The number of nitrogens with zero attached hydrogens (tertiary/aromatic N) is 1. The van der Waals surface area contributed by atoms with E-state index in [0.29, 0.717) is 22.0 Å². The molecule has 0 unspecified atom stereocenters. The monoisotopic (exact) mass is 284 g/mol. The number of carbonyl (C=O) groups excluding carboxylic acids is 1. The van der Waals surface area contributed by atoms with E-state index in [9.17, 15) is 4.79 Å². The van der Waals surface area contributed by atoms with Gasteiger partial charge in [-0.15, -0.1) is 11.6 Å². The molecule has 1 amide bonds. The molecule has 0 atom stereocenters. The first-order chi connectivity index (χ1) is 8.70. The minimum Gasteiger partial charge on any atom is -0.359 e. The lowest BCUT2D eigenvalue weighted by Gasteiger charge is -2.04. The molecule has 1 aromatic heterocycles. The van der Waals surface area contributed by atoms with Crippen molar-refractivity contribution in [1.82, 2.24) is 10.5 Å². The molecule has 0 aliphatic heterocycles. The second-order valence-electron chi connectivity index (χ2n) is 3.58. The van der Waals surface area contributed by atoms with Gasteiger partial charge in [-0.25, -0.2) is 0 Å². The van der Waals surface area contributed by atoms with Gasteiger partial charge in [-0.2, -0.15) is 0 Å². The van der Waals surface area contributed by atoms with Crippen LogP contribution in [0.4, 0.5) is 0 Å². The first kappa shape index (κ1) is 12.9. The highest BCUT2D eigenvalue weighted by Gasteiger charge is 2.10. The summed E-state index contributed by atoms with van der Waals surface area (Å²) in [6.07, 6.45) is 0. The molecule has 0 aliphatic rings. The van der Waals surface area contributed by atoms with Crippen LogP contribution in [-0.2, 0) is 12.4 Å². The number of halogens is 2. The molecule has 4 nitrogen and oxygen atoms in total. The highest BCUT2D eigenvalue weighted by Crippen LogP contribution is 2.14. The average molecular weight is 285 g/mol. The molecule has 2 rings (SSSR count). The van der Waals surface area contributed by atoms with Crippen molar-refractivity contribution < 1.29 is 9.32 Å². The summed E-state index contributed by atoms with van der Waals surface area (Å²) in [5.74, 6) is 0.567. The smallest absolute Gasteiger partial charge is 0.253 e. The zero-order valence-corrected chi connectivity index (χ0v) is 10.8. The maximum atomic E-state index is 11.8. The van der Waals surface area contributed by atoms with Gasteiger partial charge in [0.05, 0.1) is 28.7 Å². The quantitative estimate of drug-likeness (QED) is 0.878. The minimum atomic E-state index is -0.260. The van der Waals surface area contributed by atoms with Crippen molar-refractivity contribution in [2.45, 2.75) is 12.4 Å². The zero-order valence-electron chi connectivity index (χ0n) is 9.32. The molecule has 1 N–H and O–H groups in total. The van der Waals surface area contributed by atoms with Crippen LogP contribution in [0.1, 0.15) is 21.8 Å². The molecule has 6 heteroatoms. The van der Waals surface area contributed by atoms with Crippen LogP contribution < -0.4 is 5.32 Å². The fourth-order valence-electron chi connectivity index (χ4n) is 1.41. The van der Waals surface area contributed by atoms with E-state index in [1.165, 1.54) is 0 Å². The van der Waals surface area contributed by atoms with Gasteiger partial charge in [0.25, 0.3) is 5.91 Å². The largest absolute Gasteiger partial charge is 0.359 e.